The molecule has 94 valence electrons. The monoisotopic (exact) mass is 309 g/mol. The number of anilines is 1. The number of alkyl halides is 3. The van der Waals surface area contributed by atoms with E-state index in [1.165, 1.54) is 0 Å². The largest absolute Gasteiger partial charge is 0.488 e. The minimum absolute atomic E-state index is 0.310. The number of fused-ring (bicyclic) bond motifs is 1. The highest BCUT2D eigenvalue weighted by molar-refractivity contribution is 9.10. The molecule has 0 saturated carbocycles. The summed E-state index contributed by atoms with van der Waals surface area (Å²) in [6, 6.07) is 2.10. The molecule has 1 N–H and O–H groups in total. The summed E-state index contributed by atoms with van der Waals surface area (Å²) >= 11 is 3.10. The lowest BCUT2D eigenvalue weighted by molar-refractivity contribution is -0.137. The molecule has 2 nitrogen and oxygen atoms in total. The molecule has 0 unspecified atom stereocenters. The van der Waals surface area contributed by atoms with Crippen molar-refractivity contribution in [3.05, 3.63) is 22.2 Å². The molecule has 0 atom stereocenters. The Morgan fingerprint density at radius 2 is 2.00 bits per heavy atom. The maximum Gasteiger partial charge on any atom is 0.416 e. The summed E-state index contributed by atoms with van der Waals surface area (Å²) in [4.78, 5) is 0. The van der Waals surface area contributed by atoms with Gasteiger partial charge in [0.05, 0.1) is 21.3 Å². The second-order valence-electron chi connectivity index (χ2n) is 4.63. The number of rotatable bonds is 0. The number of benzene rings is 1. The summed E-state index contributed by atoms with van der Waals surface area (Å²) in [6.45, 7) is 4.14. The molecule has 1 aliphatic heterocycles. The quantitative estimate of drug-likeness (QED) is 0.780. The first-order chi connectivity index (χ1) is 7.69. The number of nitrogens with one attached hydrogen (secondary N) is 1. The standard InChI is InChI=1S/C11H11BrF3NO/c1-10(2)5-17-9-7(12)3-6(11(13,14)15)4-8(9)16-10/h3-4,16H,5H2,1-2H3. The fraction of sp³-hybridized carbons (Fsp3) is 0.455. The number of halogens is 4. The van der Waals surface area contributed by atoms with Gasteiger partial charge in [-0.2, -0.15) is 13.2 Å². The van der Waals surface area contributed by atoms with Crippen molar-refractivity contribution < 1.29 is 17.9 Å². The van der Waals surface area contributed by atoms with E-state index in [-0.39, 0.29) is 5.54 Å². The second kappa shape index (κ2) is 3.80. The van der Waals surface area contributed by atoms with Gasteiger partial charge in [-0.1, -0.05) is 0 Å². The smallest absolute Gasteiger partial charge is 0.416 e. The maximum atomic E-state index is 12.6. The lowest BCUT2D eigenvalue weighted by atomic mass is 10.0. The lowest BCUT2D eigenvalue weighted by Gasteiger charge is -2.34. The van der Waals surface area contributed by atoms with E-state index in [4.69, 9.17) is 4.74 Å². The zero-order chi connectivity index (χ0) is 12.8. The van der Waals surface area contributed by atoms with Gasteiger partial charge >= 0.3 is 6.18 Å². The second-order valence-corrected chi connectivity index (χ2v) is 5.48. The molecular weight excluding hydrogens is 299 g/mol. The van der Waals surface area contributed by atoms with Gasteiger partial charge in [-0.15, -0.1) is 0 Å². The molecule has 0 saturated heterocycles. The van der Waals surface area contributed by atoms with Crippen molar-refractivity contribution >= 4 is 21.6 Å². The third-order valence-corrected chi connectivity index (χ3v) is 3.01. The molecule has 17 heavy (non-hydrogen) atoms. The average molecular weight is 310 g/mol. The Bertz CT molecular complexity index is 457. The molecule has 0 bridgehead atoms. The molecule has 1 aliphatic rings. The van der Waals surface area contributed by atoms with E-state index in [0.717, 1.165) is 12.1 Å². The van der Waals surface area contributed by atoms with Crippen molar-refractivity contribution in [3.8, 4) is 5.75 Å². The van der Waals surface area contributed by atoms with E-state index in [9.17, 15) is 13.2 Å². The van der Waals surface area contributed by atoms with Crippen LogP contribution in [0.2, 0.25) is 0 Å². The summed E-state index contributed by atoms with van der Waals surface area (Å²) in [5.74, 6) is 0.428. The predicted octanol–water partition coefficient (Wildman–Crippen LogP) is 4.05. The minimum Gasteiger partial charge on any atom is -0.488 e. The van der Waals surface area contributed by atoms with Crippen LogP contribution in [0, 0.1) is 0 Å². The van der Waals surface area contributed by atoms with E-state index in [2.05, 4.69) is 21.2 Å². The molecule has 0 aromatic heterocycles. The molecule has 0 spiro atoms. The van der Waals surface area contributed by atoms with Gasteiger partial charge < -0.3 is 10.1 Å². The SMILES string of the molecule is CC1(C)COc2c(Br)cc(C(F)(F)F)cc2N1. The van der Waals surface area contributed by atoms with Crippen LogP contribution in [-0.2, 0) is 6.18 Å². The van der Waals surface area contributed by atoms with Crippen LogP contribution in [0.3, 0.4) is 0 Å². The van der Waals surface area contributed by atoms with Crippen molar-refractivity contribution in [1.29, 1.82) is 0 Å². The van der Waals surface area contributed by atoms with Crippen LogP contribution in [-0.4, -0.2) is 12.1 Å². The molecule has 0 radical (unpaired) electrons. The molecule has 6 heteroatoms. The molecular formula is C11H11BrF3NO. The Balaban J connectivity index is 2.49. The molecule has 1 aromatic rings. The zero-order valence-electron chi connectivity index (χ0n) is 9.28. The first-order valence-corrected chi connectivity index (χ1v) is 5.80. The number of hydrogen-bond donors (Lipinski definition) is 1. The van der Waals surface area contributed by atoms with Gasteiger partial charge in [0.25, 0.3) is 0 Å². The lowest BCUT2D eigenvalue weighted by Crippen LogP contribution is -2.41. The van der Waals surface area contributed by atoms with Crippen LogP contribution in [0.15, 0.2) is 16.6 Å². The molecule has 2 rings (SSSR count). The summed E-state index contributed by atoms with van der Waals surface area (Å²) in [6.07, 6.45) is -4.36. The van der Waals surface area contributed by atoms with E-state index in [1.807, 2.05) is 13.8 Å². The topological polar surface area (TPSA) is 21.3 Å². The average Bonchev–Trinajstić information content (AvgIpc) is 2.13. The number of hydrogen-bond acceptors (Lipinski definition) is 2. The van der Waals surface area contributed by atoms with E-state index in [0.29, 0.717) is 22.5 Å². The normalized spacial score (nSPS) is 18.0. The van der Waals surface area contributed by atoms with Gasteiger partial charge in [0.15, 0.2) is 5.75 Å². The van der Waals surface area contributed by atoms with E-state index < -0.39 is 11.7 Å². The van der Waals surface area contributed by atoms with Crippen LogP contribution < -0.4 is 10.1 Å². The summed E-state index contributed by atoms with van der Waals surface area (Å²) in [5, 5.41) is 3.03. The van der Waals surface area contributed by atoms with Crippen molar-refractivity contribution in [2.75, 3.05) is 11.9 Å². The van der Waals surface area contributed by atoms with Gasteiger partial charge in [-0.3, -0.25) is 0 Å². The van der Waals surface area contributed by atoms with Crippen molar-refractivity contribution in [2.24, 2.45) is 0 Å². The van der Waals surface area contributed by atoms with Crippen molar-refractivity contribution in [1.82, 2.24) is 0 Å². The summed E-state index contributed by atoms with van der Waals surface area (Å²) in [7, 11) is 0. The van der Waals surface area contributed by atoms with Crippen LogP contribution in [0.4, 0.5) is 18.9 Å². The Morgan fingerprint density at radius 3 is 2.59 bits per heavy atom. The van der Waals surface area contributed by atoms with Gasteiger partial charge in [0, 0.05) is 0 Å². The maximum absolute atomic E-state index is 12.6. The van der Waals surface area contributed by atoms with Crippen molar-refractivity contribution in [3.63, 3.8) is 0 Å². The summed E-state index contributed by atoms with van der Waals surface area (Å²) < 4.78 is 43.7. The minimum atomic E-state index is -4.36. The van der Waals surface area contributed by atoms with Gasteiger partial charge in [-0.05, 0) is 41.9 Å². The Labute approximate surface area is 105 Å². The first kappa shape index (κ1) is 12.5. The zero-order valence-corrected chi connectivity index (χ0v) is 10.9. The van der Waals surface area contributed by atoms with Crippen molar-refractivity contribution in [2.45, 2.75) is 25.6 Å². The molecule has 0 aliphatic carbocycles. The van der Waals surface area contributed by atoms with Gasteiger partial charge in [0.1, 0.15) is 6.61 Å². The van der Waals surface area contributed by atoms with Crippen LogP contribution in [0.1, 0.15) is 19.4 Å². The predicted molar refractivity (Wildman–Crippen MR) is 62.3 cm³/mol. The molecule has 0 fully saturated rings. The van der Waals surface area contributed by atoms with Gasteiger partial charge in [-0.25, -0.2) is 0 Å². The van der Waals surface area contributed by atoms with Crippen LogP contribution in [0.25, 0.3) is 0 Å². The first-order valence-electron chi connectivity index (χ1n) is 5.01. The third-order valence-electron chi connectivity index (χ3n) is 2.42. The van der Waals surface area contributed by atoms with E-state index >= 15 is 0 Å². The highest BCUT2D eigenvalue weighted by Gasteiger charge is 2.34. The van der Waals surface area contributed by atoms with Gasteiger partial charge in [0.2, 0.25) is 0 Å². The Morgan fingerprint density at radius 1 is 1.35 bits per heavy atom. The van der Waals surface area contributed by atoms with Crippen LogP contribution in [0.5, 0.6) is 5.75 Å². The fourth-order valence-electron chi connectivity index (χ4n) is 1.65. The molecule has 0 amide bonds. The highest BCUT2D eigenvalue weighted by Crippen LogP contribution is 2.43. The highest BCUT2D eigenvalue weighted by atomic mass is 79.9. The summed E-state index contributed by atoms with van der Waals surface area (Å²) in [5.41, 5.74) is -0.712. The number of ether oxygens (including phenoxy) is 1. The Hall–Kier alpha value is -0.910. The van der Waals surface area contributed by atoms with Crippen LogP contribution >= 0.6 is 15.9 Å². The van der Waals surface area contributed by atoms with E-state index in [1.54, 1.807) is 0 Å². The molecule has 1 heterocycles. The third kappa shape index (κ3) is 2.51. The fourth-order valence-corrected chi connectivity index (χ4v) is 2.22. The Kier molecular flexibility index (Phi) is 2.80. The molecule has 1 aromatic carbocycles.